The van der Waals surface area contributed by atoms with Crippen molar-refractivity contribution in [2.45, 2.75) is 0 Å². The van der Waals surface area contributed by atoms with E-state index < -0.39 is 0 Å². The molecule has 0 aliphatic heterocycles. The largest absolute Gasteiger partial charge is 0.452 e. The van der Waals surface area contributed by atoms with E-state index in [2.05, 4.69) is 158 Å². The van der Waals surface area contributed by atoms with E-state index in [1.165, 1.54) is 48.0 Å². The van der Waals surface area contributed by atoms with Gasteiger partial charge >= 0.3 is 0 Å². The van der Waals surface area contributed by atoms with Crippen LogP contribution in [0.1, 0.15) is 0 Å². The smallest absolute Gasteiger partial charge is 0.180 e. The fraction of sp³-hybridized carbons (Fsp3) is 0. The second-order valence-electron chi connectivity index (χ2n) is 12.6. The molecule has 10 rings (SSSR count). The maximum Gasteiger partial charge on any atom is 0.180 e. The molecule has 0 N–H and O–H groups in total. The van der Waals surface area contributed by atoms with E-state index in [4.69, 9.17) is 14.4 Å². The van der Waals surface area contributed by atoms with E-state index in [1.807, 2.05) is 17.4 Å². The number of aromatic nitrogens is 2. The van der Waals surface area contributed by atoms with Gasteiger partial charge in [-0.3, -0.25) is 0 Å². The summed E-state index contributed by atoms with van der Waals surface area (Å²) in [6.07, 6.45) is 1.65. The number of fused-ring (bicyclic) bond motifs is 6. The molecule has 3 nitrogen and oxygen atoms in total. The lowest BCUT2D eigenvalue weighted by Crippen LogP contribution is -1.88. The van der Waals surface area contributed by atoms with Crippen molar-refractivity contribution < 1.29 is 4.42 Å². The Bertz CT molecular complexity index is 2870. The SMILES string of the molecule is c1ccc(-c2ccc(-c3ccccc3-c3ccc4oc5c(-c6cccc(-c7cccc8c7sc7ccccc78)c6)ncnc5c4c3)cc2)cc1. The number of hydrogen-bond donors (Lipinski definition) is 0. The van der Waals surface area contributed by atoms with Gasteiger partial charge in [0.05, 0.1) is 0 Å². The third-order valence-electron chi connectivity index (χ3n) is 9.64. The van der Waals surface area contributed by atoms with Gasteiger partial charge in [-0.2, -0.15) is 0 Å². The molecule has 0 aliphatic carbocycles. The topological polar surface area (TPSA) is 38.9 Å². The van der Waals surface area contributed by atoms with Crippen LogP contribution in [0.4, 0.5) is 0 Å². The molecule has 50 heavy (non-hydrogen) atoms. The summed E-state index contributed by atoms with van der Waals surface area (Å²) in [6, 6.07) is 58.1. The van der Waals surface area contributed by atoms with Gasteiger partial charge in [0.2, 0.25) is 0 Å². The van der Waals surface area contributed by atoms with Gasteiger partial charge in [-0.25, -0.2) is 9.97 Å². The van der Waals surface area contributed by atoms with Gasteiger partial charge in [0, 0.05) is 31.1 Å². The van der Waals surface area contributed by atoms with Crippen LogP contribution in [-0.2, 0) is 0 Å². The minimum absolute atomic E-state index is 0.696. The van der Waals surface area contributed by atoms with E-state index in [9.17, 15) is 0 Å². The van der Waals surface area contributed by atoms with Gasteiger partial charge in [0.1, 0.15) is 23.1 Å². The Kier molecular flexibility index (Phi) is 6.68. The van der Waals surface area contributed by atoms with Gasteiger partial charge in [-0.1, -0.05) is 140 Å². The number of rotatable bonds is 5. The van der Waals surface area contributed by atoms with E-state index >= 15 is 0 Å². The Morgan fingerprint density at radius 1 is 0.420 bits per heavy atom. The Morgan fingerprint density at radius 3 is 1.92 bits per heavy atom. The van der Waals surface area contributed by atoms with Crippen molar-refractivity contribution in [3.63, 3.8) is 0 Å². The Hall–Kier alpha value is -6.36. The van der Waals surface area contributed by atoms with Crippen LogP contribution in [0.5, 0.6) is 0 Å². The predicted molar refractivity (Wildman–Crippen MR) is 209 cm³/mol. The average molecular weight is 657 g/mol. The minimum atomic E-state index is 0.696. The fourth-order valence-corrected chi connectivity index (χ4v) is 8.46. The number of furan rings is 1. The van der Waals surface area contributed by atoms with Crippen LogP contribution in [0.15, 0.2) is 175 Å². The molecule has 0 bridgehead atoms. The summed E-state index contributed by atoms with van der Waals surface area (Å²) in [5.41, 5.74) is 13.5. The minimum Gasteiger partial charge on any atom is -0.452 e. The summed E-state index contributed by atoms with van der Waals surface area (Å²) in [7, 11) is 0. The zero-order valence-electron chi connectivity index (χ0n) is 26.9. The summed E-state index contributed by atoms with van der Waals surface area (Å²) in [5, 5.41) is 3.56. The monoisotopic (exact) mass is 656 g/mol. The molecule has 234 valence electrons. The van der Waals surface area contributed by atoms with Crippen molar-refractivity contribution in [2.24, 2.45) is 0 Å². The Morgan fingerprint density at radius 2 is 1.04 bits per heavy atom. The van der Waals surface area contributed by atoms with Crippen LogP contribution >= 0.6 is 11.3 Å². The average Bonchev–Trinajstić information content (AvgIpc) is 3.77. The summed E-state index contributed by atoms with van der Waals surface area (Å²) in [5.74, 6) is 0. The zero-order chi connectivity index (χ0) is 33.0. The maximum absolute atomic E-state index is 6.53. The first-order valence-corrected chi connectivity index (χ1v) is 17.5. The number of thiophene rings is 1. The van der Waals surface area contributed by atoms with E-state index in [0.29, 0.717) is 5.58 Å². The first kappa shape index (κ1) is 28.6. The molecule has 7 aromatic carbocycles. The van der Waals surface area contributed by atoms with Crippen molar-refractivity contribution in [2.75, 3.05) is 0 Å². The molecule has 0 saturated heterocycles. The van der Waals surface area contributed by atoms with Gasteiger partial charge in [-0.05, 0) is 68.8 Å². The van der Waals surface area contributed by atoms with E-state index in [-0.39, 0.29) is 0 Å². The third-order valence-corrected chi connectivity index (χ3v) is 10.9. The Balaban J connectivity index is 1.05. The molecule has 0 amide bonds. The van der Waals surface area contributed by atoms with Crippen molar-refractivity contribution in [1.82, 2.24) is 9.97 Å². The molecular weight excluding hydrogens is 629 g/mol. The Labute approximate surface area is 292 Å². The lowest BCUT2D eigenvalue weighted by atomic mass is 9.93. The van der Waals surface area contributed by atoms with Crippen molar-refractivity contribution in [3.8, 4) is 55.8 Å². The summed E-state index contributed by atoms with van der Waals surface area (Å²) >= 11 is 1.84. The van der Waals surface area contributed by atoms with Crippen molar-refractivity contribution in [3.05, 3.63) is 170 Å². The zero-order valence-corrected chi connectivity index (χ0v) is 27.7. The molecule has 4 heteroatoms. The molecule has 0 unspecified atom stereocenters. The molecule has 0 saturated carbocycles. The molecule has 0 radical (unpaired) electrons. The van der Waals surface area contributed by atoms with Gasteiger partial charge in [0.15, 0.2) is 5.58 Å². The van der Waals surface area contributed by atoms with Gasteiger partial charge in [0.25, 0.3) is 0 Å². The third kappa shape index (κ3) is 4.73. The van der Waals surface area contributed by atoms with Crippen molar-refractivity contribution >= 4 is 53.6 Å². The van der Waals surface area contributed by atoms with Crippen LogP contribution in [0.3, 0.4) is 0 Å². The molecular formula is C46H28N2OS. The summed E-state index contributed by atoms with van der Waals surface area (Å²) in [6.45, 7) is 0. The standard InChI is InChI=1S/C46H28N2OS/c1-2-10-29(11-3-1)30-20-22-31(23-21-30)35-14-4-5-15-36(35)33-24-25-41-40(27-33)44-45(49-41)43(47-28-48-44)34-13-8-12-32(26-34)37-17-9-18-39-38-16-6-7-19-42(38)50-46(37)39/h1-28H. The van der Waals surface area contributed by atoms with Crippen molar-refractivity contribution in [1.29, 1.82) is 0 Å². The highest BCUT2D eigenvalue weighted by Gasteiger charge is 2.18. The quantitative estimate of drug-likeness (QED) is 0.185. The molecule has 0 aliphatic rings. The van der Waals surface area contributed by atoms with Gasteiger partial charge in [-0.15, -0.1) is 11.3 Å². The number of nitrogens with zero attached hydrogens (tertiary/aromatic N) is 2. The summed E-state index contributed by atoms with van der Waals surface area (Å²) in [4.78, 5) is 9.52. The van der Waals surface area contributed by atoms with E-state index in [1.54, 1.807) is 6.33 Å². The predicted octanol–water partition coefficient (Wildman–Crippen LogP) is 13.1. The normalized spacial score (nSPS) is 11.6. The highest BCUT2D eigenvalue weighted by molar-refractivity contribution is 7.26. The number of hydrogen-bond acceptors (Lipinski definition) is 4. The first-order chi connectivity index (χ1) is 24.8. The fourth-order valence-electron chi connectivity index (χ4n) is 7.22. The van der Waals surface area contributed by atoms with E-state index in [0.717, 1.165) is 44.4 Å². The molecule has 0 fully saturated rings. The molecule has 0 atom stereocenters. The number of benzene rings is 7. The molecule has 0 spiro atoms. The van der Waals surface area contributed by atoms with Crippen LogP contribution < -0.4 is 0 Å². The second kappa shape index (κ2) is 11.7. The highest BCUT2D eigenvalue weighted by Crippen LogP contribution is 2.42. The van der Waals surface area contributed by atoms with Crippen LogP contribution in [0.2, 0.25) is 0 Å². The van der Waals surface area contributed by atoms with Gasteiger partial charge < -0.3 is 4.42 Å². The van der Waals surface area contributed by atoms with Crippen LogP contribution in [0.25, 0.3) is 98.0 Å². The van der Waals surface area contributed by atoms with Crippen LogP contribution in [-0.4, -0.2) is 9.97 Å². The molecule has 3 aromatic heterocycles. The summed E-state index contributed by atoms with van der Waals surface area (Å²) < 4.78 is 9.13. The lowest BCUT2D eigenvalue weighted by molar-refractivity contribution is 0.667. The molecule has 3 heterocycles. The maximum atomic E-state index is 6.53. The first-order valence-electron chi connectivity index (χ1n) is 16.7. The lowest BCUT2D eigenvalue weighted by Gasteiger charge is -2.11. The second-order valence-corrected chi connectivity index (χ2v) is 13.6. The molecule has 10 aromatic rings. The van der Waals surface area contributed by atoms with Crippen LogP contribution in [0, 0.1) is 0 Å². The highest BCUT2D eigenvalue weighted by atomic mass is 32.1.